The molecular weight excluding hydrogens is 302 g/mol. The maximum Gasteiger partial charge on any atom is 0.290 e. The van der Waals surface area contributed by atoms with Gasteiger partial charge in [-0.3, -0.25) is 9.78 Å². The SMILES string of the molecule is C.O=CO.c1cc(-c2ccc3[nH]c4c(c3c2)CCNCC4)ccn1. The molecular formula is C19H23N3O2. The van der Waals surface area contributed by atoms with E-state index in [1.165, 1.54) is 33.3 Å². The van der Waals surface area contributed by atoms with Gasteiger partial charge in [-0.15, -0.1) is 0 Å². The van der Waals surface area contributed by atoms with Gasteiger partial charge in [-0.2, -0.15) is 0 Å². The molecule has 0 saturated heterocycles. The predicted molar refractivity (Wildman–Crippen MR) is 97.2 cm³/mol. The van der Waals surface area contributed by atoms with E-state index in [2.05, 4.69) is 45.6 Å². The van der Waals surface area contributed by atoms with Crippen molar-refractivity contribution in [3.05, 3.63) is 54.0 Å². The summed E-state index contributed by atoms with van der Waals surface area (Å²) in [6.07, 6.45) is 5.89. The highest BCUT2D eigenvalue weighted by Crippen LogP contribution is 2.29. The molecule has 1 aliphatic heterocycles. The third kappa shape index (κ3) is 3.63. The standard InChI is InChI=1S/C17H17N3.CH2O2.CH4/c1-2-16-15(11-13(1)12-3-7-18-8-4-12)14-5-9-19-10-6-17(14)20-16;2-1-3;/h1-4,7-8,11,19-20H,5-6,9-10H2;1H,(H,2,3);1H4. The summed E-state index contributed by atoms with van der Waals surface area (Å²) >= 11 is 0. The third-order valence-corrected chi connectivity index (χ3v) is 4.11. The Balaban J connectivity index is 0.000000487. The molecule has 0 fully saturated rings. The Morgan fingerprint density at radius 2 is 1.75 bits per heavy atom. The average Bonchev–Trinajstić information content (AvgIpc) is 2.77. The normalized spacial score (nSPS) is 13.0. The lowest BCUT2D eigenvalue weighted by molar-refractivity contribution is -0.122. The molecule has 1 aliphatic rings. The molecule has 3 aromatic rings. The van der Waals surface area contributed by atoms with Crippen LogP contribution in [0.3, 0.4) is 0 Å². The fraction of sp³-hybridized carbons (Fsp3) is 0.263. The minimum Gasteiger partial charge on any atom is -0.483 e. The molecule has 0 unspecified atom stereocenters. The minimum absolute atomic E-state index is 0. The number of hydrogen-bond acceptors (Lipinski definition) is 3. The van der Waals surface area contributed by atoms with Crippen molar-refractivity contribution < 1.29 is 9.90 Å². The van der Waals surface area contributed by atoms with Crippen LogP contribution in [0.2, 0.25) is 0 Å². The van der Waals surface area contributed by atoms with Crippen LogP contribution in [0.25, 0.3) is 22.0 Å². The van der Waals surface area contributed by atoms with E-state index >= 15 is 0 Å². The first-order valence-corrected chi connectivity index (χ1v) is 7.66. The van der Waals surface area contributed by atoms with Gasteiger partial charge in [0.2, 0.25) is 0 Å². The first kappa shape index (κ1) is 17.7. The number of aromatic nitrogens is 2. The van der Waals surface area contributed by atoms with Crippen molar-refractivity contribution in [2.24, 2.45) is 0 Å². The number of carboxylic acid groups (broad SMARTS) is 1. The second-order valence-electron chi connectivity index (χ2n) is 5.43. The second kappa shape index (κ2) is 8.26. The number of nitrogens with one attached hydrogen (secondary N) is 2. The van der Waals surface area contributed by atoms with Gasteiger partial charge in [0.25, 0.3) is 6.47 Å². The molecule has 5 nitrogen and oxygen atoms in total. The summed E-state index contributed by atoms with van der Waals surface area (Å²) in [5.41, 5.74) is 6.63. The molecule has 126 valence electrons. The number of H-pyrrole nitrogens is 1. The Labute approximate surface area is 141 Å². The number of aromatic amines is 1. The predicted octanol–water partition coefficient (Wildman–Crippen LogP) is 3.26. The van der Waals surface area contributed by atoms with E-state index in [4.69, 9.17) is 9.90 Å². The Bertz CT molecular complexity index is 797. The molecule has 0 atom stereocenters. The van der Waals surface area contributed by atoms with Crippen molar-refractivity contribution >= 4 is 17.4 Å². The lowest BCUT2D eigenvalue weighted by Gasteiger charge is -2.03. The van der Waals surface area contributed by atoms with Gasteiger partial charge in [-0.05, 0) is 53.9 Å². The first-order valence-electron chi connectivity index (χ1n) is 7.66. The fourth-order valence-electron chi connectivity index (χ4n) is 3.08. The minimum atomic E-state index is -0.250. The largest absolute Gasteiger partial charge is 0.483 e. The highest BCUT2D eigenvalue weighted by Gasteiger charge is 2.14. The summed E-state index contributed by atoms with van der Waals surface area (Å²) in [4.78, 5) is 16.0. The molecule has 0 radical (unpaired) electrons. The summed E-state index contributed by atoms with van der Waals surface area (Å²) < 4.78 is 0. The molecule has 24 heavy (non-hydrogen) atoms. The van der Waals surface area contributed by atoms with Crippen LogP contribution in [0.15, 0.2) is 42.7 Å². The van der Waals surface area contributed by atoms with Crippen LogP contribution in [0.4, 0.5) is 0 Å². The monoisotopic (exact) mass is 325 g/mol. The molecule has 0 saturated carbocycles. The van der Waals surface area contributed by atoms with Gasteiger partial charge in [0, 0.05) is 42.0 Å². The topological polar surface area (TPSA) is 78.0 Å². The smallest absolute Gasteiger partial charge is 0.290 e. The maximum atomic E-state index is 8.36. The van der Waals surface area contributed by atoms with Crippen LogP contribution in [0.1, 0.15) is 18.7 Å². The Hall–Kier alpha value is -2.66. The number of rotatable bonds is 1. The number of nitrogens with zero attached hydrogens (tertiary/aromatic N) is 1. The van der Waals surface area contributed by atoms with E-state index in [9.17, 15) is 0 Å². The summed E-state index contributed by atoms with van der Waals surface area (Å²) in [6.45, 7) is 1.89. The van der Waals surface area contributed by atoms with Gasteiger partial charge in [0.1, 0.15) is 0 Å². The first-order chi connectivity index (χ1) is 11.3. The molecule has 0 aliphatic carbocycles. The van der Waals surface area contributed by atoms with Crippen LogP contribution >= 0.6 is 0 Å². The maximum absolute atomic E-state index is 8.36. The van der Waals surface area contributed by atoms with Gasteiger partial charge in [0.05, 0.1) is 0 Å². The Morgan fingerprint density at radius 1 is 1.04 bits per heavy atom. The second-order valence-corrected chi connectivity index (χ2v) is 5.43. The van der Waals surface area contributed by atoms with E-state index in [1.807, 2.05) is 12.4 Å². The summed E-state index contributed by atoms with van der Waals surface area (Å²) in [7, 11) is 0. The number of pyridine rings is 1. The molecule has 0 spiro atoms. The summed E-state index contributed by atoms with van der Waals surface area (Å²) in [6, 6.07) is 10.8. The molecule has 4 rings (SSSR count). The third-order valence-electron chi connectivity index (χ3n) is 4.11. The molecule has 1 aromatic carbocycles. The zero-order valence-electron chi connectivity index (χ0n) is 12.7. The highest BCUT2D eigenvalue weighted by atomic mass is 16.3. The lowest BCUT2D eigenvalue weighted by atomic mass is 10.0. The van der Waals surface area contributed by atoms with Crippen LogP contribution in [0.5, 0.6) is 0 Å². The van der Waals surface area contributed by atoms with E-state index in [1.54, 1.807) is 0 Å². The van der Waals surface area contributed by atoms with E-state index < -0.39 is 0 Å². The van der Waals surface area contributed by atoms with E-state index in [0.29, 0.717) is 0 Å². The van der Waals surface area contributed by atoms with Crippen LogP contribution in [-0.2, 0) is 17.6 Å². The van der Waals surface area contributed by atoms with Crippen molar-refractivity contribution in [1.82, 2.24) is 15.3 Å². The molecule has 3 N–H and O–H groups in total. The number of carbonyl (C=O) groups is 1. The van der Waals surface area contributed by atoms with E-state index in [0.717, 1.165) is 25.9 Å². The average molecular weight is 325 g/mol. The van der Waals surface area contributed by atoms with Gasteiger partial charge >= 0.3 is 0 Å². The number of benzene rings is 1. The van der Waals surface area contributed by atoms with Crippen molar-refractivity contribution in [2.45, 2.75) is 20.3 Å². The van der Waals surface area contributed by atoms with Crippen molar-refractivity contribution in [3.63, 3.8) is 0 Å². The molecule has 0 bridgehead atoms. The van der Waals surface area contributed by atoms with Crippen molar-refractivity contribution in [2.75, 3.05) is 13.1 Å². The van der Waals surface area contributed by atoms with Crippen LogP contribution in [0, 0.1) is 0 Å². The molecule has 3 heterocycles. The van der Waals surface area contributed by atoms with Gasteiger partial charge in [-0.1, -0.05) is 13.5 Å². The van der Waals surface area contributed by atoms with Crippen LogP contribution in [-0.4, -0.2) is 34.6 Å². The summed E-state index contributed by atoms with van der Waals surface area (Å²) in [5, 5.41) is 11.7. The van der Waals surface area contributed by atoms with Crippen molar-refractivity contribution in [1.29, 1.82) is 0 Å². The number of hydrogen-bond donors (Lipinski definition) is 3. The van der Waals surface area contributed by atoms with Crippen LogP contribution < -0.4 is 5.32 Å². The van der Waals surface area contributed by atoms with Gasteiger partial charge in [0.15, 0.2) is 0 Å². The van der Waals surface area contributed by atoms with Crippen molar-refractivity contribution in [3.8, 4) is 11.1 Å². The molecule has 5 heteroatoms. The summed E-state index contributed by atoms with van der Waals surface area (Å²) in [5.74, 6) is 0. The lowest BCUT2D eigenvalue weighted by Crippen LogP contribution is -2.16. The Morgan fingerprint density at radius 3 is 2.50 bits per heavy atom. The molecule has 0 amide bonds. The Kier molecular flexibility index (Phi) is 6.09. The zero-order chi connectivity index (χ0) is 16.1. The molecule has 2 aromatic heterocycles. The number of fused-ring (bicyclic) bond motifs is 3. The quantitative estimate of drug-likeness (QED) is 0.600. The van der Waals surface area contributed by atoms with Gasteiger partial charge < -0.3 is 15.4 Å². The van der Waals surface area contributed by atoms with E-state index in [-0.39, 0.29) is 13.9 Å². The fourth-order valence-corrected chi connectivity index (χ4v) is 3.08. The highest BCUT2D eigenvalue weighted by molar-refractivity contribution is 5.89. The zero-order valence-corrected chi connectivity index (χ0v) is 12.7. The van der Waals surface area contributed by atoms with Gasteiger partial charge in [-0.25, -0.2) is 0 Å².